The molecule has 1 aromatic heterocycles. The zero-order valence-electron chi connectivity index (χ0n) is 24.1. The number of fused-ring (bicyclic) bond motifs is 2. The van der Waals surface area contributed by atoms with Gasteiger partial charge in [-0.1, -0.05) is 45.1 Å². The van der Waals surface area contributed by atoms with Crippen molar-refractivity contribution in [2.24, 2.45) is 11.1 Å². The zero-order chi connectivity index (χ0) is 32.9. The van der Waals surface area contributed by atoms with Crippen LogP contribution in [0.5, 0.6) is 11.5 Å². The van der Waals surface area contributed by atoms with E-state index in [4.69, 9.17) is 14.6 Å². The number of hydrogen-bond donors (Lipinski definition) is 2. The maximum atomic E-state index is 14.1. The molecule has 1 fully saturated rings. The molecule has 3 N–H and O–H groups in total. The molecule has 0 radical (unpaired) electrons. The highest BCUT2D eigenvalue weighted by Crippen LogP contribution is 2.54. The number of ether oxygens (including phenoxy) is 2. The lowest BCUT2D eigenvalue weighted by molar-refractivity contribution is -0.122. The fourth-order valence-electron chi connectivity index (χ4n) is 5.58. The largest absolute Gasteiger partial charge is 0.493 e. The Labute approximate surface area is 279 Å². The first-order chi connectivity index (χ1) is 21.9. The molecule has 2 unspecified atom stereocenters. The van der Waals surface area contributed by atoms with Gasteiger partial charge in [-0.3, -0.25) is 23.7 Å². The third kappa shape index (κ3) is 5.75. The van der Waals surface area contributed by atoms with Crippen molar-refractivity contribution in [1.29, 1.82) is 0 Å². The fourth-order valence-corrected chi connectivity index (χ4v) is 9.13. The molecular weight excluding hydrogens is 720 g/mol. The van der Waals surface area contributed by atoms with Crippen molar-refractivity contribution in [2.45, 2.75) is 27.6 Å². The van der Waals surface area contributed by atoms with Gasteiger partial charge in [0.15, 0.2) is 11.5 Å². The quantitative estimate of drug-likeness (QED) is 0.255. The monoisotopic (exact) mass is 744 g/mol. The summed E-state index contributed by atoms with van der Waals surface area (Å²) < 4.78 is 36.2. The van der Waals surface area contributed by atoms with Crippen LogP contribution >= 0.6 is 39.0 Å². The molecule has 2 aliphatic heterocycles. The van der Waals surface area contributed by atoms with E-state index in [9.17, 15) is 27.6 Å². The number of thiazole rings is 1. The molecule has 3 atom stereocenters. The van der Waals surface area contributed by atoms with E-state index in [-0.39, 0.29) is 11.4 Å². The summed E-state index contributed by atoms with van der Waals surface area (Å²) in [4.78, 5) is 55.8. The average Bonchev–Trinajstić information content (AvgIpc) is 3.47. The normalized spacial score (nSPS) is 19.0. The Bertz CT molecular complexity index is 2050. The predicted octanol–water partition coefficient (Wildman–Crippen LogP) is 3.77. The van der Waals surface area contributed by atoms with E-state index >= 15 is 0 Å². The van der Waals surface area contributed by atoms with E-state index in [2.05, 4.69) is 21.2 Å². The van der Waals surface area contributed by atoms with Gasteiger partial charge >= 0.3 is 4.87 Å². The van der Waals surface area contributed by atoms with Gasteiger partial charge in [-0.05, 0) is 66.2 Å². The molecule has 0 spiro atoms. The standard InChI is InChI=1S/C30H25BrN4O8S3/c1-42-20-12-3-15(13-21(20)43-2)23-24-25(28(38)35(27(24)37)18-8-4-16(31)5-9-18)44-29-26(23)45-30(39)34(29)14-22(36)33-17-6-10-19(11-7-17)46(32,40)41/h3-13,23-25H,14H2,1-2H3,(H,33,36)(H2,32,40,41)/t23-,24?,25?/m1/s1. The van der Waals surface area contributed by atoms with E-state index in [1.54, 1.807) is 42.5 Å². The lowest BCUT2D eigenvalue weighted by Gasteiger charge is -2.31. The molecule has 16 heteroatoms. The van der Waals surface area contributed by atoms with Gasteiger partial charge in [0.1, 0.15) is 11.8 Å². The molecule has 1 saturated heterocycles. The van der Waals surface area contributed by atoms with Crippen molar-refractivity contribution in [1.82, 2.24) is 4.57 Å². The van der Waals surface area contributed by atoms with Crippen molar-refractivity contribution in [3.05, 3.63) is 91.3 Å². The van der Waals surface area contributed by atoms with Gasteiger partial charge in [-0.15, -0.1) is 0 Å². The number of nitrogens with two attached hydrogens (primary N) is 1. The number of carbonyl (C=O) groups is 3. The lowest BCUT2D eigenvalue weighted by Crippen LogP contribution is -2.33. The number of halogens is 1. The van der Waals surface area contributed by atoms with E-state index in [0.717, 1.165) is 27.6 Å². The Morgan fingerprint density at radius 3 is 2.26 bits per heavy atom. The van der Waals surface area contributed by atoms with Crippen LogP contribution in [0.4, 0.5) is 11.4 Å². The van der Waals surface area contributed by atoms with Gasteiger partial charge in [-0.25, -0.2) is 18.5 Å². The third-order valence-electron chi connectivity index (χ3n) is 7.67. The number of benzene rings is 3. The number of thioether (sulfide) groups is 1. The van der Waals surface area contributed by atoms with E-state index in [0.29, 0.717) is 38.3 Å². The number of amides is 3. The number of sulfonamides is 1. The van der Waals surface area contributed by atoms with Gasteiger partial charge in [0.05, 0.1) is 35.7 Å². The van der Waals surface area contributed by atoms with Crippen LogP contribution in [0.3, 0.4) is 0 Å². The zero-order valence-corrected chi connectivity index (χ0v) is 28.2. The van der Waals surface area contributed by atoms with E-state index in [1.165, 1.54) is 48.0 Å². The highest BCUT2D eigenvalue weighted by molar-refractivity contribution is 9.10. The van der Waals surface area contributed by atoms with Gasteiger partial charge in [0.25, 0.3) is 0 Å². The highest BCUT2D eigenvalue weighted by atomic mass is 79.9. The van der Waals surface area contributed by atoms with Crippen LogP contribution < -0.4 is 29.7 Å². The molecule has 0 aliphatic carbocycles. The maximum Gasteiger partial charge on any atom is 0.308 e. The molecule has 3 heterocycles. The second-order valence-corrected chi connectivity index (χ2v) is 15.0. The van der Waals surface area contributed by atoms with Crippen molar-refractivity contribution in [3.63, 3.8) is 0 Å². The topological polar surface area (TPSA) is 167 Å². The summed E-state index contributed by atoms with van der Waals surface area (Å²) in [5.74, 6) is -2.04. The highest BCUT2D eigenvalue weighted by Gasteiger charge is 2.57. The predicted molar refractivity (Wildman–Crippen MR) is 176 cm³/mol. The number of nitrogens with zero attached hydrogens (tertiary/aromatic N) is 2. The van der Waals surface area contributed by atoms with E-state index in [1.807, 2.05) is 0 Å². The van der Waals surface area contributed by atoms with Crippen LogP contribution in [0.1, 0.15) is 16.4 Å². The molecular formula is C30H25BrN4O8S3. The SMILES string of the molecule is COc1ccc([C@H]2c3sc(=O)n(CC(=O)Nc4ccc(S(N)(=O)=O)cc4)c3SC3C(=O)N(c4ccc(Br)cc4)C(=O)C32)cc1OC. The van der Waals surface area contributed by atoms with Gasteiger partial charge < -0.3 is 14.8 Å². The lowest BCUT2D eigenvalue weighted by atomic mass is 9.83. The summed E-state index contributed by atoms with van der Waals surface area (Å²) >= 11 is 5.39. The minimum absolute atomic E-state index is 0.117. The van der Waals surface area contributed by atoms with Gasteiger partial charge in [-0.2, -0.15) is 0 Å². The van der Waals surface area contributed by atoms with Crippen LogP contribution in [0.15, 0.2) is 85.9 Å². The number of anilines is 2. The Morgan fingerprint density at radius 1 is 0.957 bits per heavy atom. The number of rotatable bonds is 8. The van der Waals surface area contributed by atoms with Crippen LogP contribution in [0, 0.1) is 5.92 Å². The van der Waals surface area contributed by atoms with Gasteiger partial charge in [0, 0.05) is 21.0 Å². The summed E-state index contributed by atoms with van der Waals surface area (Å²) in [6.45, 7) is -0.386. The Kier molecular flexibility index (Phi) is 8.58. The molecule has 3 amide bonds. The second-order valence-electron chi connectivity index (χ2n) is 10.4. The molecule has 0 bridgehead atoms. The number of carbonyl (C=O) groups excluding carboxylic acids is 3. The van der Waals surface area contributed by atoms with Crippen LogP contribution in [0.25, 0.3) is 0 Å². The first kappa shape index (κ1) is 32.0. The molecule has 238 valence electrons. The smallest absolute Gasteiger partial charge is 0.308 e. The van der Waals surface area contributed by atoms with Gasteiger partial charge in [0.2, 0.25) is 27.7 Å². The Hall–Kier alpha value is -3.96. The summed E-state index contributed by atoms with van der Waals surface area (Å²) in [7, 11) is -0.921. The van der Waals surface area contributed by atoms with E-state index < -0.39 is 49.7 Å². The Morgan fingerprint density at radius 2 is 1.63 bits per heavy atom. The molecule has 4 aromatic rings. The fraction of sp³-hybridized carbons (Fsp3) is 0.200. The van der Waals surface area contributed by atoms with Crippen LogP contribution in [0.2, 0.25) is 0 Å². The average molecular weight is 746 g/mol. The first-order valence-corrected chi connectivity index (χ1v) is 17.6. The number of imide groups is 1. The third-order valence-corrected chi connectivity index (χ3v) is 11.7. The number of nitrogens with one attached hydrogen (secondary N) is 1. The molecule has 0 saturated carbocycles. The maximum absolute atomic E-state index is 14.1. The molecule has 6 rings (SSSR count). The summed E-state index contributed by atoms with van der Waals surface area (Å²) in [6, 6.07) is 17.3. The molecule has 46 heavy (non-hydrogen) atoms. The minimum atomic E-state index is -3.91. The summed E-state index contributed by atoms with van der Waals surface area (Å²) in [6.07, 6.45) is 0. The van der Waals surface area contributed by atoms with Crippen molar-refractivity contribution >= 4 is 78.1 Å². The molecule has 2 aliphatic rings. The number of hydrogen-bond acceptors (Lipinski definition) is 10. The van der Waals surface area contributed by atoms with Crippen LogP contribution in [-0.2, 0) is 31.0 Å². The Balaban J connectivity index is 1.40. The van der Waals surface area contributed by atoms with Crippen molar-refractivity contribution < 1.29 is 32.3 Å². The van der Waals surface area contributed by atoms with Crippen molar-refractivity contribution in [3.8, 4) is 11.5 Å². The molecule has 3 aromatic carbocycles. The molecule has 12 nitrogen and oxygen atoms in total. The van der Waals surface area contributed by atoms with Crippen LogP contribution in [-0.4, -0.2) is 50.2 Å². The summed E-state index contributed by atoms with van der Waals surface area (Å²) in [5.41, 5.74) is 1.36. The minimum Gasteiger partial charge on any atom is -0.493 e. The van der Waals surface area contributed by atoms with Crippen molar-refractivity contribution in [2.75, 3.05) is 24.4 Å². The summed E-state index contributed by atoms with van der Waals surface area (Å²) in [5, 5.41) is 7.34. The second kappa shape index (κ2) is 12.3. The number of primary sulfonamides is 1. The number of aromatic nitrogens is 1. The first-order valence-electron chi connectivity index (χ1n) is 13.6. The number of methoxy groups -OCH3 is 2.